The Morgan fingerprint density at radius 2 is 2.11 bits per heavy atom. The summed E-state index contributed by atoms with van der Waals surface area (Å²) in [4.78, 5) is 11.4. The van der Waals surface area contributed by atoms with Crippen LogP contribution in [0.5, 0.6) is 0 Å². The maximum atomic E-state index is 5.90. The van der Waals surface area contributed by atoms with Gasteiger partial charge in [0.15, 0.2) is 0 Å². The van der Waals surface area contributed by atoms with Crippen molar-refractivity contribution in [1.29, 1.82) is 0 Å². The number of rotatable bonds is 4. The Morgan fingerprint density at radius 1 is 1.33 bits per heavy atom. The summed E-state index contributed by atoms with van der Waals surface area (Å²) < 4.78 is 0. The second-order valence-corrected chi connectivity index (χ2v) is 5.19. The molecular formula is C14H24N4. The van der Waals surface area contributed by atoms with Crippen molar-refractivity contribution in [3.63, 3.8) is 0 Å². The molecule has 1 saturated carbocycles. The molecule has 2 unspecified atom stereocenters. The Kier molecular flexibility index (Phi) is 4.17. The molecule has 0 bridgehead atoms. The summed E-state index contributed by atoms with van der Waals surface area (Å²) in [6, 6.07) is 2.64. The van der Waals surface area contributed by atoms with Gasteiger partial charge in [0, 0.05) is 24.3 Å². The van der Waals surface area contributed by atoms with Crippen LogP contribution in [-0.4, -0.2) is 29.1 Å². The van der Waals surface area contributed by atoms with Crippen LogP contribution < -0.4 is 10.6 Å². The summed E-state index contributed by atoms with van der Waals surface area (Å²) in [5.41, 5.74) is 6.94. The number of nitrogens with two attached hydrogens (primary N) is 1. The number of aryl methyl sites for hydroxylation is 2. The SMILES string of the molecule is CCN(c1cc(C)nc(C)n1)C1CCCC1CN. The van der Waals surface area contributed by atoms with Crippen molar-refractivity contribution in [2.75, 3.05) is 18.0 Å². The quantitative estimate of drug-likeness (QED) is 0.886. The lowest BCUT2D eigenvalue weighted by atomic mass is 10.0. The molecule has 4 nitrogen and oxygen atoms in total. The van der Waals surface area contributed by atoms with Crippen LogP contribution in [0.3, 0.4) is 0 Å². The molecule has 1 aromatic rings. The average molecular weight is 248 g/mol. The number of hydrogen-bond acceptors (Lipinski definition) is 4. The lowest BCUT2D eigenvalue weighted by molar-refractivity contribution is 0.459. The first-order valence-corrected chi connectivity index (χ1v) is 6.94. The Bertz CT molecular complexity index is 385. The molecule has 0 aromatic carbocycles. The van der Waals surface area contributed by atoms with Crippen molar-refractivity contribution in [1.82, 2.24) is 9.97 Å². The van der Waals surface area contributed by atoms with Crippen molar-refractivity contribution in [3.8, 4) is 0 Å². The van der Waals surface area contributed by atoms with Crippen LogP contribution in [0.25, 0.3) is 0 Å². The molecule has 1 aromatic heterocycles. The molecule has 4 heteroatoms. The first-order valence-electron chi connectivity index (χ1n) is 6.94. The summed E-state index contributed by atoms with van der Waals surface area (Å²) in [6.45, 7) is 7.94. The van der Waals surface area contributed by atoms with Gasteiger partial charge in [0.25, 0.3) is 0 Å². The zero-order valence-corrected chi connectivity index (χ0v) is 11.7. The zero-order valence-electron chi connectivity index (χ0n) is 11.7. The van der Waals surface area contributed by atoms with Gasteiger partial charge in [-0.2, -0.15) is 0 Å². The molecule has 18 heavy (non-hydrogen) atoms. The van der Waals surface area contributed by atoms with E-state index in [4.69, 9.17) is 5.73 Å². The van der Waals surface area contributed by atoms with Crippen molar-refractivity contribution >= 4 is 5.82 Å². The lowest BCUT2D eigenvalue weighted by Gasteiger charge is -2.33. The smallest absolute Gasteiger partial charge is 0.132 e. The van der Waals surface area contributed by atoms with Gasteiger partial charge >= 0.3 is 0 Å². The van der Waals surface area contributed by atoms with Gasteiger partial charge in [0.2, 0.25) is 0 Å². The number of aromatic nitrogens is 2. The van der Waals surface area contributed by atoms with Crippen molar-refractivity contribution < 1.29 is 0 Å². The number of hydrogen-bond donors (Lipinski definition) is 1. The number of nitrogens with zero attached hydrogens (tertiary/aromatic N) is 3. The minimum atomic E-state index is 0.550. The molecule has 2 atom stereocenters. The highest BCUT2D eigenvalue weighted by Crippen LogP contribution is 2.31. The van der Waals surface area contributed by atoms with Gasteiger partial charge in [-0.1, -0.05) is 6.42 Å². The van der Waals surface area contributed by atoms with E-state index in [1.807, 2.05) is 13.8 Å². The summed E-state index contributed by atoms with van der Waals surface area (Å²) in [7, 11) is 0. The average Bonchev–Trinajstić information content (AvgIpc) is 2.77. The summed E-state index contributed by atoms with van der Waals surface area (Å²) >= 11 is 0. The van der Waals surface area contributed by atoms with Crippen molar-refractivity contribution in [3.05, 3.63) is 17.6 Å². The van der Waals surface area contributed by atoms with Crippen LogP contribution >= 0.6 is 0 Å². The second-order valence-electron chi connectivity index (χ2n) is 5.19. The lowest BCUT2D eigenvalue weighted by Crippen LogP contribution is -2.41. The third-order valence-electron chi connectivity index (χ3n) is 3.91. The first-order chi connectivity index (χ1) is 8.65. The molecule has 0 amide bonds. The highest BCUT2D eigenvalue weighted by molar-refractivity contribution is 5.41. The minimum Gasteiger partial charge on any atom is -0.353 e. The Labute approximate surface area is 110 Å². The molecule has 2 rings (SSSR count). The van der Waals surface area contributed by atoms with E-state index in [1.165, 1.54) is 19.3 Å². The second kappa shape index (κ2) is 5.65. The Balaban J connectivity index is 2.27. The van der Waals surface area contributed by atoms with Gasteiger partial charge in [-0.25, -0.2) is 9.97 Å². The zero-order chi connectivity index (χ0) is 13.1. The van der Waals surface area contributed by atoms with Crippen LogP contribution in [0.4, 0.5) is 5.82 Å². The molecule has 100 valence electrons. The summed E-state index contributed by atoms with van der Waals surface area (Å²) in [5.74, 6) is 2.53. The maximum absolute atomic E-state index is 5.90. The van der Waals surface area contributed by atoms with Crippen LogP contribution in [0.15, 0.2) is 6.07 Å². The van der Waals surface area contributed by atoms with E-state index in [9.17, 15) is 0 Å². The highest BCUT2D eigenvalue weighted by atomic mass is 15.2. The predicted molar refractivity (Wildman–Crippen MR) is 74.7 cm³/mol. The third kappa shape index (κ3) is 2.64. The maximum Gasteiger partial charge on any atom is 0.132 e. The van der Waals surface area contributed by atoms with E-state index >= 15 is 0 Å². The molecule has 0 spiro atoms. The molecular weight excluding hydrogens is 224 g/mol. The van der Waals surface area contributed by atoms with Crippen LogP contribution in [0.1, 0.15) is 37.7 Å². The van der Waals surface area contributed by atoms with E-state index in [2.05, 4.69) is 27.9 Å². The largest absolute Gasteiger partial charge is 0.353 e. The van der Waals surface area contributed by atoms with Gasteiger partial charge in [0.1, 0.15) is 11.6 Å². The van der Waals surface area contributed by atoms with E-state index in [0.717, 1.165) is 30.4 Å². The standard InChI is InChI=1S/C14H24N4/c1-4-18(13-7-5-6-12(13)9-15)14-8-10(2)16-11(3)17-14/h8,12-13H,4-7,9,15H2,1-3H3. The molecule has 2 N–H and O–H groups in total. The van der Waals surface area contributed by atoms with Gasteiger partial charge < -0.3 is 10.6 Å². The molecule has 0 saturated heterocycles. The fraction of sp³-hybridized carbons (Fsp3) is 0.714. The molecule has 1 aliphatic carbocycles. The third-order valence-corrected chi connectivity index (χ3v) is 3.91. The Morgan fingerprint density at radius 3 is 2.72 bits per heavy atom. The van der Waals surface area contributed by atoms with Gasteiger partial charge in [0.05, 0.1) is 0 Å². The van der Waals surface area contributed by atoms with Crippen molar-refractivity contribution in [2.24, 2.45) is 11.7 Å². The van der Waals surface area contributed by atoms with Gasteiger partial charge in [-0.15, -0.1) is 0 Å². The van der Waals surface area contributed by atoms with Gasteiger partial charge in [-0.05, 0) is 46.1 Å². The Hall–Kier alpha value is -1.16. The van der Waals surface area contributed by atoms with Crippen molar-refractivity contribution in [2.45, 2.75) is 46.1 Å². The topological polar surface area (TPSA) is 55.0 Å². The number of anilines is 1. The fourth-order valence-electron chi connectivity index (χ4n) is 3.11. The summed E-state index contributed by atoms with van der Waals surface area (Å²) in [5, 5.41) is 0. The summed E-state index contributed by atoms with van der Waals surface area (Å²) in [6.07, 6.45) is 3.77. The van der Waals surface area contributed by atoms with Crippen LogP contribution in [0.2, 0.25) is 0 Å². The van der Waals surface area contributed by atoms with E-state index in [0.29, 0.717) is 12.0 Å². The molecule has 0 aliphatic heterocycles. The minimum absolute atomic E-state index is 0.550. The van der Waals surface area contributed by atoms with Crippen LogP contribution in [-0.2, 0) is 0 Å². The van der Waals surface area contributed by atoms with E-state index in [-0.39, 0.29) is 0 Å². The first kappa shape index (κ1) is 13.3. The fourth-order valence-corrected chi connectivity index (χ4v) is 3.11. The highest BCUT2D eigenvalue weighted by Gasteiger charge is 2.31. The molecule has 1 heterocycles. The monoisotopic (exact) mass is 248 g/mol. The van der Waals surface area contributed by atoms with Crippen LogP contribution in [0, 0.1) is 19.8 Å². The molecule has 1 fully saturated rings. The molecule has 0 radical (unpaired) electrons. The van der Waals surface area contributed by atoms with Gasteiger partial charge in [-0.3, -0.25) is 0 Å². The predicted octanol–water partition coefficient (Wildman–Crippen LogP) is 2.05. The van der Waals surface area contributed by atoms with E-state index < -0.39 is 0 Å². The van der Waals surface area contributed by atoms with E-state index in [1.54, 1.807) is 0 Å². The molecule has 1 aliphatic rings. The normalized spacial score (nSPS) is 23.3.